The molecule has 0 saturated heterocycles. The fourth-order valence-electron chi connectivity index (χ4n) is 1.80. The number of rotatable bonds is 5. The number of nitrogens with one attached hydrogen (secondary N) is 1. The highest BCUT2D eigenvalue weighted by atomic mass is 16.5. The van der Waals surface area contributed by atoms with Crippen molar-refractivity contribution in [2.24, 2.45) is 0 Å². The third kappa shape index (κ3) is 3.95. The van der Waals surface area contributed by atoms with Crippen LogP contribution in [0.25, 0.3) is 0 Å². The van der Waals surface area contributed by atoms with E-state index in [1.54, 1.807) is 7.11 Å². The Morgan fingerprint density at radius 1 is 1.19 bits per heavy atom. The fraction of sp³-hybridized carbons (Fsp3) is 0.571. The molecule has 0 heterocycles. The Hall–Kier alpha value is -0.860. The van der Waals surface area contributed by atoms with Crippen molar-refractivity contribution in [2.45, 2.75) is 32.7 Å². The van der Waals surface area contributed by atoms with Crippen molar-refractivity contribution in [3.05, 3.63) is 35.4 Å². The van der Waals surface area contributed by atoms with Crippen LogP contribution in [0.5, 0.6) is 0 Å². The van der Waals surface area contributed by atoms with Crippen molar-refractivity contribution >= 4 is 0 Å². The molecule has 2 nitrogen and oxygen atoms in total. The lowest BCUT2D eigenvalue weighted by Crippen LogP contribution is -2.22. The Morgan fingerprint density at radius 2 is 1.88 bits per heavy atom. The largest absolute Gasteiger partial charge is 0.383 e. The minimum absolute atomic E-state index is 0.208. The molecule has 0 bridgehead atoms. The molecule has 1 rings (SSSR count). The predicted molar refractivity (Wildman–Crippen MR) is 68.7 cm³/mol. The minimum Gasteiger partial charge on any atom is -0.383 e. The van der Waals surface area contributed by atoms with Crippen LogP contribution in [0, 0.1) is 0 Å². The number of ether oxygens (including phenoxy) is 1. The standard InChI is InChI=1S/C14H23NO/c1-14(2,3)13-8-6-5-7-12(13)11-15-9-10-16-4/h5-8,15H,9-11H2,1-4H3. The van der Waals surface area contributed by atoms with E-state index >= 15 is 0 Å². The van der Waals surface area contributed by atoms with Gasteiger partial charge in [-0.1, -0.05) is 45.0 Å². The molecule has 0 radical (unpaired) electrons. The van der Waals surface area contributed by atoms with Gasteiger partial charge >= 0.3 is 0 Å². The quantitative estimate of drug-likeness (QED) is 0.772. The Morgan fingerprint density at radius 3 is 2.50 bits per heavy atom. The molecule has 0 aliphatic rings. The van der Waals surface area contributed by atoms with E-state index in [9.17, 15) is 0 Å². The fourth-order valence-corrected chi connectivity index (χ4v) is 1.80. The molecule has 0 amide bonds. The van der Waals surface area contributed by atoms with Crippen molar-refractivity contribution in [3.8, 4) is 0 Å². The van der Waals surface area contributed by atoms with Crippen LogP contribution in [-0.2, 0) is 16.7 Å². The zero-order valence-corrected chi connectivity index (χ0v) is 10.8. The first-order chi connectivity index (χ1) is 7.55. The van der Waals surface area contributed by atoms with Gasteiger partial charge < -0.3 is 10.1 Å². The Balaban J connectivity index is 2.65. The molecule has 0 fully saturated rings. The molecule has 0 spiro atoms. The van der Waals surface area contributed by atoms with Gasteiger partial charge in [-0.05, 0) is 16.5 Å². The highest BCUT2D eigenvalue weighted by Gasteiger charge is 2.16. The van der Waals surface area contributed by atoms with Crippen LogP contribution in [-0.4, -0.2) is 20.3 Å². The Labute approximate surface area is 99.0 Å². The van der Waals surface area contributed by atoms with Crippen molar-refractivity contribution in [2.75, 3.05) is 20.3 Å². The van der Waals surface area contributed by atoms with Crippen LogP contribution in [0.15, 0.2) is 24.3 Å². The third-order valence-corrected chi connectivity index (χ3v) is 2.62. The first kappa shape index (κ1) is 13.2. The Bertz CT molecular complexity index is 315. The van der Waals surface area contributed by atoms with E-state index in [-0.39, 0.29) is 5.41 Å². The topological polar surface area (TPSA) is 21.3 Å². The average molecular weight is 221 g/mol. The summed E-state index contributed by atoms with van der Waals surface area (Å²) in [4.78, 5) is 0. The number of methoxy groups -OCH3 is 1. The molecule has 0 aliphatic carbocycles. The van der Waals surface area contributed by atoms with Crippen LogP contribution >= 0.6 is 0 Å². The van der Waals surface area contributed by atoms with Crippen molar-refractivity contribution < 1.29 is 4.74 Å². The van der Waals surface area contributed by atoms with Crippen LogP contribution in [0.3, 0.4) is 0 Å². The SMILES string of the molecule is COCCNCc1ccccc1C(C)(C)C. The lowest BCUT2D eigenvalue weighted by atomic mass is 9.84. The maximum absolute atomic E-state index is 5.01. The number of hydrogen-bond acceptors (Lipinski definition) is 2. The molecule has 0 aromatic heterocycles. The minimum atomic E-state index is 0.208. The molecule has 16 heavy (non-hydrogen) atoms. The average Bonchev–Trinajstić information content (AvgIpc) is 2.24. The summed E-state index contributed by atoms with van der Waals surface area (Å²) < 4.78 is 5.01. The molecular formula is C14H23NO. The number of hydrogen-bond donors (Lipinski definition) is 1. The van der Waals surface area contributed by atoms with Crippen LogP contribution < -0.4 is 5.32 Å². The van der Waals surface area contributed by atoms with Crippen molar-refractivity contribution in [3.63, 3.8) is 0 Å². The second kappa shape index (κ2) is 6.02. The molecular weight excluding hydrogens is 198 g/mol. The van der Waals surface area contributed by atoms with Gasteiger partial charge in [-0.15, -0.1) is 0 Å². The maximum Gasteiger partial charge on any atom is 0.0587 e. The van der Waals surface area contributed by atoms with E-state index in [4.69, 9.17) is 4.74 Å². The molecule has 0 atom stereocenters. The summed E-state index contributed by atoms with van der Waals surface area (Å²) in [6, 6.07) is 8.62. The first-order valence-corrected chi connectivity index (χ1v) is 5.83. The first-order valence-electron chi connectivity index (χ1n) is 5.83. The molecule has 90 valence electrons. The molecule has 0 unspecified atom stereocenters. The zero-order valence-electron chi connectivity index (χ0n) is 10.8. The Kier molecular flexibility index (Phi) is 4.97. The summed E-state index contributed by atoms with van der Waals surface area (Å²) in [7, 11) is 1.73. The summed E-state index contributed by atoms with van der Waals surface area (Å²) in [5.74, 6) is 0. The summed E-state index contributed by atoms with van der Waals surface area (Å²) in [5.41, 5.74) is 3.01. The van der Waals surface area contributed by atoms with E-state index in [0.29, 0.717) is 0 Å². The van der Waals surface area contributed by atoms with Gasteiger partial charge in [-0.2, -0.15) is 0 Å². The second-order valence-corrected chi connectivity index (χ2v) is 5.08. The van der Waals surface area contributed by atoms with E-state index in [1.165, 1.54) is 11.1 Å². The van der Waals surface area contributed by atoms with Gasteiger partial charge in [0.1, 0.15) is 0 Å². The van der Waals surface area contributed by atoms with E-state index in [2.05, 4.69) is 50.4 Å². The summed E-state index contributed by atoms with van der Waals surface area (Å²) in [5, 5.41) is 3.39. The lowest BCUT2D eigenvalue weighted by molar-refractivity contribution is 0.199. The van der Waals surface area contributed by atoms with E-state index < -0.39 is 0 Å². The van der Waals surface area contributed by atoms with Crippen LogP contribution in [0.4, 0.5) is 0 Å². The third-order valence-electron chi connectivity index (χ3n) is 2.62. The smallest absolute Gasteiger partial charge is 0.0587 e. The molecule has 1 N–H and O–H groups in total. The second-order valence-electron chi connectivity index (χ2n) is 5.08. The van der Waals surface area contributed by atoms with Gasteiger partial charge in [0.05, 0.1) is 6.61 Å². The van der Waals surface area contributed by atoms with Gasteiger partial charge in [0.25, 0.3) is 0 Å². The summed E-state index contributed by atoms with van der Waals surface area (Å²) in [6.07, 6.45) is 0. The lowest BCUT2D eigenvalue weighted by Gasteiger charge is -2.23. The highest BCUT2D eigenvalue weighted by Crippen LogP contribution is 2.25. The van der Waals surface area contributed by atoms with E-state index in [1.807, 2.05) is 0 Å². The molecule has 2 heteroatoms. The molecule has 1 aromatic rings. The summed E-state index contributed by atoms with van der Waals surface area (Å²) >= 11 is 0. The van der Waals surface area contributed by atoms with Crippen LogP contribution in [0.2, 0.25) is 0 Å². The van der Waals surface area contributed by atoms with Crippen molar-refractivity contribution in [1.82, 2.24) is 5.32 Å². The van der Waals surface area contributed by atoms with Gasteiger partial charge in [0.2, 0.25) is 0 Å². The van der Waals surface area contributed by atoms with Gasteiger partial charge in [0, 0.05) is 20.2 Å². The maximum atomic E-state index is 5.01. The molecule has 1 aromatic carbocycles. The van der Waals surface area contributed by atoms with Crippen molar-refractivity contribution in [1.29, 1.82) is 0 Å². The molecule has 0 saturated carbocycles. The van der Waals surface area contributed by atoms with Gasteiger partial charge in [-0.3, -0.25) is 0 Å². The predicted octanol–water partition coefficient (Wildman–Crippen LogP) is 2.72. The normalized spacial score (nSPS) is 11.8. The van der Waals surface area contributed by atoms with Gasteiger partial charge in [-0.25, -0.2) is 0 Å². The van der Waals surface area contributed by atoms with E-state index in [0.717, 1.165) is 19.7 Å². The monoisotopic (exact) mass is 221 g/mol. The zero-order chi connectivity index (χ0) is 12.0. The highest BCUT2D eigenvalue weighted by molar-refractivity contribution is 5.32. The number of benzene rings is 1. The summed E-state index contributed by atoms with van der Waals surface area (Å²) in [6.45, 7) is 9.33. The van der Waals surface area contributed by atoms with Gasteiger partial charge in [0.15, 0.2) is 0 Å². The van der Waals surface area contributed by atoms with Crippen LogP contribution in [0.1, 0.15) is 31.9 Å². The molecule has 0 aliphatic heterocycles.